The van der Waals surface area contributed by atoms with Gasteiger partial charge in [0.05, 0.1) is 15.4 Å². The second-order valence-corrected chi connectivity index (χ2v) is 6.11. The predicted molar refractivity (Wildman–Crippen MR) is 77.0 cm³/mol. The number of hydrogen-bond donors (Lipinski definition) is 1. The molecule has 3 rings (SSSR count). The van der Waals surface area contributed by atoms with Gasteiger partial charge in [0.1, 0.15) is 5.69 Å². The van der Waals surface area contributed by atoms with Crippen LogP contribution < -0.4 is 0 Å². The SMILES string of the molecule is CSc1nc(-c2cccs2)c(-c2cccs2)[nH]1. The largest absolute Gasteiger partial charge is 0.332 e. The average Bonchev–Trinajstić information content (AvgIpc) is 3.09. The Balaban J connectivity index is 2.17. The van der Waals surface area contributed by atoms with Crippen molar-refractivity contribution in [2.75, 3.05) is 6.26 Å². The maximum absolute atomic E-state index is 4.65. The van der Waals surface area contributed by atoms with Crippen molar-refractivity contribution in [2.24, 2.45) is 0 Å². The third-order valence-corrected chi connectivity index (χ3v) is 4.74. The second kappa shape index (κ2) is 4.68. The van der Waals surface area contributed by atoms with E-state index in [4.69, 9.17) is 0 Å². The molecule has 3 aromatic rings. The number of thioether (sulfide) groups is 1. The minimum absolute atomic E-state index is 0.969. The van der Waals surface area contributed by atoms with E-state index in [0.29, 0.717) is 0 Å². The molecule has 1 N–H and O–H groups in total. The van der Waals surface area contributed by atoms with Gasteiger partial charge in [0.15, 0.2) is 5.16 Å². The number of thiophene rings is 2. The highest BCUT2D eigenvalue weighted by atomic mass is 32.2. The topological polar surface area (TPSA) is 28.7 Å². The average molecular weight is 278 g/mol. The molecule has 0 spiro atoms. The van der Waals surface area contributed by atoms with Gasteiger partial charge in [0.25, 0.3) is 0 Å². The summed E-state index contributed by atoms with van der Waals surface area (Å²) >= 11 is 5.10. The van der Waals surface area contributed by atoms with E-state index in [-0.39, 0.29) is 0 Å². The third kappa shape index (κ3) is 2.06. The molecule has 0 saturated carbocycles. The van der Waals surface area contributed by atoms with E-state index in [1.54, 1.807) is 34.4 Å². The molecule has 0 saturated heterocycles. The van der Waals surface area contributed by atoms with Gasteiger partial charge < -0.3 is 4.98 Å². The van der Waals surface area contributed by atoms with Gasteiger partial charge in [0, 0.05) is 0 Å². The van der Waals surface area contributed by atoms with E-state index >= 15 is 0 Å². The molecule has 0 aliphatic rings. The first-order chi connectivity index (χ1) is 8.38. The van der Waals surface area contributed by atoms with Crippen molar-refractivity contribution in [3.05, 3.63) is 35.0 Å². The zero-order chi connectivity index (χ0) is 11.7. The van der Waals surface area contributed by atoms with E-state index in [0.717, 1.165) is 16.5 Å². The smallest absolute Gasteiger partial charge is 0.166 e. The van der Waals surface area contributed by atoms with Crippen molar-refractivity contribution < 1.29 is 0 Å². The lowest BCUT2D eigenvalue weighted by Crippen LogP contribution is -1.76. The van der Waals surface area contributed by atoms with Crippen LogP contribution in [0.1, 0.15) is 0 Å². The highest BCUT2D eigenvalue weighted by Gasteiger charge is 2.14. The van der Waals surface area contributed by atoms with Gasteiger partial charge in [-0.25, -0.2) is 4.98 Å². The maximum Gasteiger partial charge on any atom is 0.166 e. The summed E-state index contributed by atoms with van der Waals surface area (Å²) < 4.78 is 0. The highest BCUT2D eigenvalue weighted by Crippen LogP contribution is 2.36. The molecular weight excluding hydrogens is 268 g/mol. The van der Waals surface area contributed by atoms with E-state index < -0.39 is 0 Å². The molecular formula is C12H10N2S3. The first-order valence-electron chi connectivity index (χ1n) is 5.10. The Morgan fingerprint density at radius 2 is 1.82 bits per heavy atom. The first kappa shape index (κ1) is 11.1. The molecule has 0 aliphatic heterocycles. The van der Waals surface area contributed by atoms with Crippen LogP contribution in [0.3, 0.4) is 0 Å². The molecule has 0 bridgehead atoms. The van der Waals surface area contributed by atoms with Crippen molar-refractivity contribution in [1.29, 1.82) is 0 Å². The Bertz CT molecular complexity index is 542. The molecule has 0 fully saturated rings. The quantitative estimate of drug-likeness (QED) is 0.710. The number of imidazole rings is 1. The van der Waals surface area contributed by atoms with Crippen LogP contribution in [0.4, 0.5) is 0 Å². The normalized spacial score (nSPS) is 10.9. The van der Waals surface area contributed by atoms with Crippen LogP contribution in [0.25, 0.3) is 21.1 Å². The van der Waals surface area contributed by atoms with Crippen molar-refractivity contribution in [3.63, 3.8) is 0 Å². The van der Waals surface area contributed by atoms with Crippen LogP contribution in [-0.4, -0.2) is 16.2 Å². The molecule has 3 aromatic heterocycles. The number of nitrogens with zero attached hydrogens (tertiary/aromatic N) is 1. The molecule has 3 heterocycles. The van der Waals surface area contributed by atoms with Crippen molar-refractivity contribution in [3.8, 4) is 21.1 Å². The van der Waals surface area contributed by atoms with E-state index in [2.05, 4.69) is 45.0 Å². The summed E-state index contributed by atoms with van der Waals surface area (Å²) in [6.45, 7) is 0. The van der Waals surface area contributed by atoms with E-state index in [9.17, 15) is 0 Å². The number of nitrogens with one attached hydrogen (secondary N) is 1. The fourth-order valence-corrected chi connectivity index (χ4v) is 3.47. The molecule has 86 valence electrons. The molecule has 5 heteroatoms. The fourth-order valence-electron chi connectivity index (χ4n) is 1.64. The van der Waals surface area contributed by atoms with Crippen molar-refractivity contribution in [2.45, 2.75) is 5.16 Å². The summed E-state index contributed by atoms with van der Waals surface area (Å²) in [7, 11) is 0. The Morgan fingerprint density at radius 3 is 2.41 bits per heavy atom. The van der Waals surface area contributed by atoms with Crippen LogP contribution in [0, 0.1) is 0 Å². The molecule has 0 aliphatic carbocycles. The number of aromatic nitrogens is 2. The summed E-state index contributed by atoms with van der Waals surface area (Å²) in [5.74, 6) is 0. The highest BCUT2D eigenvalue weighted by molar-refractivity contribution is 7.98. The van der Waals surface area contributed by atoms with E-state index in [1.807, 2.05) is 6.26 Å². The number of H-pyrrole nitrogens is 1. The third-order valence-electron chi connectivity index (χ3n) is 2.40. The minimum atomic E-state index is 0.969. The summed E-state index contributed by atoms with van der Waals surface area (Å²) in [4.78, 5) is 10.5. The van der Waals surface area contributed by atoms with Crippen LogP contribution >= 0.6 is 34.4 Å². The number of hydrogen-bond acceptors (Lipinski definition) is 4. The zero-order valence-corrected chi connectivity index (χ0v) is 11.6. The maximum atomic E-state index is 4.65. The zero-order valence-electron chi connectivity index (χ0n) is 9.14. The summed E-state index contributed by atoms with van der Waals surface area (Å²) in [6, 6.07) is 8.37. The minimum Gasteiger partial charge on any atom is -0.332 e. The van der Waals surface area contributed by atoms with Crippen LogP contribution in [-0.2, 0) is 0 Å². The molecule has 0 radical (unpaired) electrons. The van der Waals surface area contributed by atoms with Gasteiger partial charge in [-0.15, -0.1) is 22.7 Å². The molecule has 17 heavy (non-hydrogen) atoms. The molecule has 0 atom stereocenters. The summed E-state index contributed by atoms with van der Waals surface area (Å²) in [5, 5.41) is 5.14. The number of rotatable bonds is 3. The molecule has 0 aromatic carbocycles. The standard InChI is InChI=1S/C12H10N2S3/c1-15-12-13-10(8-4-2-6-16-8)11(14-12)9-5-3-7-17-9/h2-7H,1H3,(H,13,14). The lowest BCUT2D eigenvalue weighted by atomic mass is 10.2. The summed E-state index contributed by atoms with van der Waals surface area (Å²) in [6.07, 6.45) is 2.04. The van der Waals surface area contributed by atoms with Gasteiger partial charge >= 0.3 is 0 Å². The first-order valence-corrected chi connectivity index (χ1v) is 8.08. The Labute approximate surface area is 112 Å². The molecule has 2 nitrogen and oxygen atoms in total. The van der Waals surface area contributed by atoms with Crippen molar-refractivity contribution in [1.82, 2.24) is 9.97 Å². The van der Waals surface area contributed by atoms with Gasteiger partial charge in [-0.3, -0.25) is 0 Å². The van der Waals surface area contributed by atoms with Crippen LogP contribution in [0.2, 0.25) is 0 Å². The molecule has 0 amide bonds. The lowest BCUT2D eigenvalue weighted by molar-refractivity contribution is 1.07. The van der Waals surface area contributed by atoms with E-state index in [1.165, 1.54) is 9.75 Å². The monoisotopic (exact) mass is 278 g/mol. The van der Waals surface area contributed by atoms with Crippen LogP contribution in [0.5, 0.6) is 0 Å². The fraction of sp³-hybridized carbons (Fsp3) is 0.0833. The summed E-state index contributed by atoms with van der Waals surface area (Å²) in [5.41, 5.74) is 2.19. The Kier molecular flexibility index (Phi) is 3.05. The predicted octanol–water partition coefficient (Wildman–Crippen LogP) is 4.59. The van der Waals surface area contributed by atoms with Crippen LogP contribution in [0.15, 0.2) is 40.2 Å². The van der Waals surface area contributed by atoms with Gasteiger partial charge in [-0.1, -0.05) is 23.9 Å². The molecule has 0 unspecified atom stereocenters. The van der Waals surface area contributed by atoms with Crippen molar-refractivity contribution >= 4 is 34.4 Å². The Hall–Kier alpha value is -1.04. The Morgan fingerprint density at radius 1 is 1.12 bits per heavy atom. The number of aromatic amines is 1. The van der Waals surface area contributed by atoms with Gasteiger partial charge in [-0.2, -0.15) is 0 Å². The lowest BCUT2D eigenvalue weighted by Gasteiger charge is -1.96. The van der Waals surface area contributed by atoms with Gasteiger partial charge in [-0.05, 0) is 29.1 Å². The van der Waals surface area contributed by atoms with Gasteiger partial charge in [0.2, 0.25) is 0 Å². The second-order valence-electron chi connectivity index (χ2n) is 3.42.